The van der Waals surface area contributed by atoms with E-state index < -0.39 is 0 Å². The van der Waals surface area contributed by atoms with Crippen molar-refractivity contribution in [3.8, 4) is 0 Å². The van der Waals surface area contributed by atoms with E-state index in [1.54, 1.807) is 35.3 Å². The molecule has 5 heteroatoms. The molecule has 2 aromatic rings. The van der Waals surface area contributed by atoms with Crippen molar-refractivity contribution in [3.63, 3.8) is 0 Å². The van der Waals surface area contributed by atoms with E-state index in [4.69, 9.17) is 11.6 Å². The number of benzene rings is 1. The number of halogens is 1. The molecule has 4 nitrogen and oxygen atoms in total. The van der Waals surface area contributed by atoms with Crippen molar-refractivity contribution in [2.75, 3.05) is 5.32 Å². The Morgan fingerprint density at radius 3 is 3.06 bits per heavy atom. The molecule has 0 fully saturated rings. The molecule has 0 aliphatic heterocycles. The van der Waals surface area contributed by atoms with E-state index in [0.29, 0.717) is 5.02 Å². The molecule has 0 spiro atoms. The minimum atomic E-state index is -0.126. The van der Waals surface area contributed by atoms with Crippen LogP contribution in [0.4, 0.5) is 5.69 Å². The highest BCUT2D eigenvalue weighted by Crippen LogP contribution is 2.19. The number of nitrogens with zero attached hydrogens (tertiary/aromatic N) is 2. The molecule has 0 radical (unpaired) electrons. The second-order valence-electron chi connectivity index (χ2n) is 3.71. The normalized spacial score (nSPS) is 10.2. The number of amides is 1. The summed E-state index contributed by atoms with van der Waals surface area (Å²) in [7, 11) is 0. The van der Waals surface area contributed by atoms with Crippen LogP contribution in [0.15, 0.2) is 36.7 Å². The van der Waals surface area contributed by atoms with E-state index in [2.05, 4.69) is 10.4 Å². The number of hydrogen-bond acceptors (Lipinski definition) is 2. The largest absolute Gasteiger partial charge is 0.324 e. The maximum Gasteiger partial charge on any atom is 0.246 e. The molecule has 0 unspecified atom stereocenters. The lowest BCUT2D eigenvalue weighted by Crippen LogP contribution is -2.19. The van der Waals surface area contributed by atoms with Gasteiger partial charge in [0.15, 0.2) is 0 Å². The van der Waals surface area contributed by atoms with E-state index in [0.717, 1.165) is 11.3 Å². The molecule has 1 N–H and O–H groups in total. The molecule has 1 aromatic heterocycles. The summed E-state index contributed by atoms with van der Waals surface area (Å²) in [6.07, 6.45) is 3.38. The number of aryl methyl sites for hydroxylation is 1. The van der Waals surface area contributed by atoms with Gasteiger partial charge >= 0.3 is 0 Å². The lowest BCUT2D eigenvalue weighted by Gasteiger charge is -2.08. The quantitative estimate of drug-likeness (QED) is 0.909. The predicted octanol–water partition coefficient (Wildman–Crippen LogP) is 2.48. The minimum Gasteiger partial charge on any atom is -0.324 e. The smallest absolute Gasteiger partial charge is 0.246 e. The first kappa shape index (κ1) is 11.7. The first-order valence-electron chi connectivity index (χ1n) is 5.18. The predicted molar refractivity (Wildman–Crippen MR) is 67.0 cm³/mol. The second-order valence-corrected chi connectivity index (χ2v) is 4.15. The van der Waals surface area contributed by atoms with Gasteiger partial charge in [-0.3, -0.25) is 9.48 Å². The van der Waals surface area contributed by atoms with Crippen molar-refractivity contribution in [3.05, 3.63) is 47.2 Å². The van der Waals surface area contributed by atoms with Crippen molar-refractivity contribution in [2.24, 2.45) is 0 Å². The third-order valence-corrected chi connectivity index (χ3v) is 2.57. The maximum atomic E-state index is 11.7. The molecule has 0 atom stereocenters. The fourth-order valence-corrected chi connectivity index (χ4v) is 1.63. The molecule has 0 saturated carbocycles. The van der Waals surface area contributed by atoms with Crippen LogP contribution < -0.4 is 5.32 Å². The molecule has 1 aromatic carbocycles. The summed E-state index contributed by atoms with van der Waals surface area (Å²) < 4.78 is 1.56. The number of anilines is 1. The fourth-order valence-electron chi connectivity index (χ4n) is 1.46. The maximum absolute atomic E-state index is 11.7. The van der Waals surface area contributed by atoms with Crippen molar-refractivity contribution in [1.82, 2.24) is 9.78 Å². The summed E-state index contributed by atoms with van der Waals surface area (Å²) in [4.78, 5) is 11.7. The van der Waals surface area contributed by atoms with Crippen LogP contribution in [0, 0.1) is 6.92 Å². The summed E-state index contributed by atoms with van der Waals surface area (Å²) >= 11 is 5.87. The SMILES string of the molecule is Cc1ccc(Cl)cc1NC(=O)Cn1cccn1. The van der Waals surface area contributed by atoms with E-state index in [9.17, 15) is 4.79 Å². The molecule has 1 heterocycles. The van der Waals surface area contributed by atoms with E-state index in [1.165, 1.54) is 0 Å². The van der Waals surface area contributed by atoms with Crippen LogP contribution in [-0.4, -0.2) is 15.7 Å². The van der Waals surface area contributed by atoms with Crippen LogP contribution in [0.25, 0.3) is 0 Å². The van der Waals surface area contributed by atoms with Gasteiger partial charge in [-0.2, -0.15) is 5.10 Å². The number of rotatable bonds is 3. The summed E-state index contributed by atoms with van der Waals surface area (Å²) in [5.74, 6) is -0.126. The number of hydrogen-bond donors (Lipinski definition) is 1. The fraction of sp³-hybridized carbons (Fsp3) is 0.167. The zero-order valence-electron chi connectivity index (χ0n) is 9.35. The van der Waals surface area contributed by atoms with Gasteiger partial charge in [0.1, 0.15) is 6.54 Å². The monoisotopic (exact) mass is 249 g/mol. The van der Waals surface area contributed by atoms with Crippen LogP contribution >= 0.6 is 11.6 Å². The molecule has 0 saturated heterocycles. The number of carbonyl (C=O) groups excluding carboxylic acids is 1. The van der Waals surface area contributed by atoms with Crippen LogP contribution in [0.5, 0.6) is 0 Å². The third kappa shape index (κ3) is 3.07. The van der Waals surface area contributed by atoms with Gasteiger partial charge in [-0.05, 0) is 30.7 Å². The molecule has 2 rings (SSSR count). The van der Waals surface area contributed by atoms with E-state index in [1.807, 2.05) is 13.0 Å². The molecular weight excluding hydrogens is 238 g/mol. The molecule has 0 aliphatic carbocycles. The zero-order valence-corrected chi connectivity index (χ0v) is 10.1. The summed E-state index contributed by atoms with van der Waals surface area (Å²) in [6, 6.07) is 7.17. The zero-order chi connectivity index (χ0) is 12.3. The lowest BCUT2D eigenvalue weighted by molar-refractivity contribution is -0.116. The summed E-state index contributed by atoms with van der Waals surface area (Å²) in [5, 5.41) is 7.37. The first-order chi connectivity index (χ1) is 8.15. The Morgan fingerprint density at radius 2 is 2.35 bits per heavy atom. The highest BCUT2D eigenvalue weighted by atomic mass is 35.5. The Labute approximate surface area is 104 Å². The van der Waals surface area contributed by atoms with E-state index in [-0.39, 0.29) is 12.5 Å². The number of carbonyl (C=O) groups is 1. The first-order valence-corrected chi connectivity index (χ1v) is 5.56. The average Bonchev–Trinajstić information content (AvgIpc) is 2.76. The van der Waals surface area contributed by atoms with Crippen molar-refractivity contribution >= 4 is 23.2 Å². The third-order valence-electron chi connectivity index (χ3n) is 2.34. The highest BCUT2D eigenvalue weighted by molar-refractivity contribution is 6.31. The minimum absolute atomic E-state index is 0.126. The van der Waals surface area contributed by atoms with Crippen molar-refractivity contribution in [2.45, 2.75) is 13.5 Å². The number of nitrogens with one attached hydrogen (secondary N) is 1. The van der Waals surface area contributed by atoms with Gasteiger partial charge < -0.3 is 5.32 Å². The van der Waals surface area contributed by atoms with Gasteiger partial charge in [-0.15, -0.1) is 0 Å². The van der Waals surface area contributed by atoms with Crippen LogP contribution in [-0.2, 0) is 11.3 Å². The number of aromatic nitrogens is 2. The molecule has 1 amide bonds. The van der Waals surface area contributed by atoms with Gasteiger partial charge in [0.25, 0.3) is 0 Å². The second kappa shape index (κ2) is 5.01. The lowest BCUT2D eigenvalue weighted by atomic mass is 10.2. The van der Waals surface area contributed by atoms with Gasteiger partial charge in [0.2, 0.25) is 5.91 Å². The standard InChI is InChI=1S/C12H12ClN3O/c1-9-3-4-10(13)7-11(9)15-12(17)8-16-6-2-5-14-16/h2-7H,8H2,1H3,(H,15,17). The van der Waals surface area contributed by atoms with Crippen molar-refractivity contribution in [1.29, 1.82) is 0 Å². The van der Waals surface area contributed by atoms with E-state index >= 15 is 0 Å². The highest BCUT2D eigenvalue weighted by Gasteiger charge is 2.06. The Hall–Kier alpha value is -1.81. The molecular formula is C12H12ClN3O. The topological polar surface area (TPSA) is 46.9 Å². The Bertz CT molecular complexity index is 523. The van der Waals surface area contributed by atoms with Gasteiger partial charge in [0.05, 0.1) is 0 Å². The van der Waals surface area contributed by atoms with Crippen LogP contribution in [0.3, 0.4) is 0 Å². The molecule has 0 bridgehead atoms. The van der Waals surface area contributed by atoms with Gasteiger partial charge in [0, 0.05) is 23.1 Å². The Balaban J connectivity index is 2.05. The Morgan fingerprint density at radius 1 is 1.53 bits per heavy atom. The van der Waals surface area contributed by atoms with Crippen molar-refractivity contribution < 1.29 is 4.79 Å². The molecule has 88 valence electrons. The summed E-state index contributed by atoms with van der Waals surface area (Å²) in [5.41, 5.74) is 1.71. The Kier molecular flexibility index (Phi) is 3.44. The average molecular weight is 250 g/mol. The van der Waals surface area contributed by atoms with Gasteiger partial charge in [-0.25, -0.2) is 0 Å². The van der Waals surface area contributed by atoms with Crippen LogP contribution in [0.2, 0.25) is 5.02 Å². The van der Waals surface area contributed by atoms with Gasteiger partial charge in [-0.1, -0.05) is 17.7 Å². The molecule has 0 aliphatic rings. The summed E-state index contributed by atoms with van der Waals surface area (Å²) in [6.45, 7) is 2.11. The van der Waals surface area contributed by atoms with Crippen LogP contribution in [0.1, 0.15) is 5.56 Å². The molecule has 17 heavy (non-hydrogen) atoms.